The second-order valence-electron chi connectivity index (χ2n) is 4.28. The van der Waals surface area contributed by atoms with Gasteiger partial charge in [-0.15, -0.1) is 0 Å². The highest BCUT2D eigenvalue weighted by Gasteiger charge is 2.24. The molecule has 2 rings (SSSR count). The summed E-state index contributed by atoms with van der Waals surface area (Å²) in [5, 5.41) is 0. The molecule has 0 aliphatic rings. The van der Waals surface area contributed by atoms with Crippen LogP contribution in [0.1, 0.15) is 5.56 Å². The van der Waals surface area contributed by atoms with Gasteiger partial charge in [-0.05, 0) is 29.8 Å². The van der Waals surface area contributed by atoms with Crippen molar-refractivity contribution in [1.82, 2.24) is 0 Å². The van der Waals surface area contributed by atoms with Gasteiger partial charge in [-0.3, -0.25) is 4.31 Å². The van der Waals surface area contributed by atoms with Crippen molar-refractivity contribution in [2.75, 3.05) is 11.4 Å². The first kappa shape index (κ1) is 14.5. The number of nitrogens with two attached hydrogens (primary N) is 1. The molecule has 20 heavy (non-hydrogen) atoms. The van der Waals surface area contributed by atoms with Gasteiger partial charge in [0, 0.05) is 13.6 Å². The molecule has 0 amide bonds. The molecule has 6 heteroatoms. The Kier molecular flexibility index (Phi) is 4.06. The molecule has 0 spiro atoms. The van der Waals surface area contributed by atoms with Crippen LogP contribution < -0.4 is 10.0 Å². The van der Waals surface area contributed by atoms with Gasteiger partial charge in [-0.25, -0.2) is 12.8 Å². The number of rotatable bonds is 4. The maximum atomic E-state index is 13.9. The summed E-state index contributed by atoms with van der Waals surface area (Å²) in [7, 11) is -2.54. The predicted molar refractivity (Wildman–Crippen MR) is 76.3 cm³/mol. The summed E-state index contributed by atoms with van der Waals surface area (Å²) in [5.41, 5.74) is 6.41. The molecule has 0 heterocycles. The van der Waals surface area contributed by atoms with Gasteiger partial charge in [0.05, 0.1) is 5.69 Å². The summed E-state index contributed by atoms with van der Waals surface area (Å²) >= 11 is 0. The standard InChI is InChI=1S/C14H15FN2O2S/c1-17(12-5-3-2-4-6-12)20(18,19)14-8-7-11(10-16)9-13(14)15/h2-9H,10,16H2,1H3. The van der Waals surface area contributed by atoms with Crippen molar-refractivity contribution in [3.8, 4) is 0 Å². The lowest BCUT2D eigenvalue weighted by molar-refractivity contribution is 0.564. The van der Waals surface area contributed by atoms with Crippen LogP contribution in [0, 0.1) is 5.82 Å². The fraction of sp³-hybridized carbons (Fsp3) is 0.143. The molecule has 0 saturated carbocycles. The van der Waals surface area contributed by atoms with Crippen molar-refractivity contribution in [2.24, 2.45) is 5.73 Å². The molecule has 0 radical (unpaired) electrons. The fourth-order valence-electron chi connectivity index (χ4n) is 1.80. The van der Waals surface area contributed by atoms with E-state index in [4.69, 9.17) is 5.73 Å². The van der Waals surface area contributed by atoms with Gasteiger partial charge in [0.2, 0.25) is 0 Å². The molecule has 0 unspecified atom stereocenters. The lowest BCUT2D eigenvalue weighted by Gasteiger charge is -2.19. The first-order valence-electron chi connectivity index (χ1n) is 5.99. The maximum absolute atomic E-state index is 13.9. The second kappa shape index (κ2) is 5.60. The molecular formula is C14H15FN2O2S. The summed E-state index contributed by atoms with van der Waals surface area (Å²) in [6, 6.07) is 12.4. The highest BCUT2D eigenvalue weighted by molar-refractivity contribution is 7.92. The average Bonchev–Trinajstić information content (AvgIpc) is 2.46. The quantitative estimate of drug-likeness (QED) is 0.939. The van der Waals surface area contributed by atoms with E-state index in [2.05, 4.69) is 0 Å². The number of para-hydroxylation sites is 1. The first-order chi connectivity index (χ1) is 9.46. The zero-order valence-corrected chi connectivity index (χ0v) is 11.8. The van der Waals surface area contributed by atoms with E-state index >= 15 is 0 Å². The minimum Gasteiger partial charge on any atom is -0.326 e. The minimum atomic E-state index is -3.93. The third kappa shape index (κ3) is 2.66. The van der Waals surface area contributed by atoms with Crippen LogP contribution in [0.25, 0.3) is 0 Å². The zero-order valence-electron chi connectivity index (χ0n) is 11.0. The van der Waals surface area contributed by atoms with E-state index in [9.17, 15) is 12.8 Å². The summed E-state index contributed by atoms with van der Waals surface area (Å²) in [5.74, 6) is -0.796. The topological polar surface area (TPSA) is 63.4 Å². The summed E-state index contributed by atoms with van der Waals surface area (Å²) in [6.07, 6.45) is 0. The zero-order chi connectivity index (χ0) is 14.8. The van der Waals surface area contributed by atoms with Gasteiger partial charge >= 0.3 is 0 Å². The molecule has 106 valence electrons. The lowest BCUT2D eigenvalue weighted by atomic mass is 10.2. The molecule has 2 aromatic rings. The van der Waals surface area contributed by atoms with E-state index in [1.807, 2.05) is 0 Å². The summed E-state index contributed by atoms with van der Waals surface area (Å²) < 4.78 is 39.8. The number of benzene rings is 2. The average molecular weight is 294 g/mol. The van der Waals surface area contributed by atoms with E-state index < -0.39 is 15.8 Å². The van der Waals surface area contributed by atoms with Crippen LogP contribution in [0.2, 0.25) is 0 Å². The molecule has 0 saturated heterocycles. The van der Waals surface area contributed by atoms with Crippen molar-refractivity contribution in [3.63, 3.8) is 0 Å². The Labute approximate surface area is 117 Å². The summed E-state index contributed by atoms with van der Waals surface area (Å²) in [4.78, 5) is -0.360. The van der Waals surface area contributed by atoms with Crippen LogP contribution in [0.15, 0.2) is 53.4 Å². The number of hydrogen-bond donors (Lipinski definition) is 1. The Bertz CT molecular complexity index is 702. The van der Waals surface area contributed by atoms with Crippen LogP contribution in [0.5, 0.6) is 0 Å². The van der Waals surface area contributed by atoms with Crippen molar-refractivity contribution in [1.29, 1.82) is 0 Å². The molecule has 0 bridgehead atoms. The molecular weight excluding hydrogens is 279 g/mol. The monoisotopic (exact) mass is 294 g/mol. The Morgan fingerprint density at radius 2 is 1.80 bits per heavy atom. The Morgan fingerprint density at radius 3 is 2.35 bits per heavy atom. The fourth-order valence-corrected chi connectivity index (χ4v) is 3.04. The van der Waals surface area contributed by atoms with Crippen molar-refractivity contribution in [3.05, 3.63) is 59.9 Å². The Hall–Kier alpha value is -1.92. The van der Waals surface area contributed by atoms with Gasteiger partial charge in [0.1, 0.15) is 10.7 Å². The van der Waals surface area contributed by atoms with Crippen LogP contribution in [-0.4, -0.2) is 15.5 Å². The van der Waals surface area contributed by atoms with Gasteiger partial charge in [0.25, 0.3) is 10.0 Å². The highest BCUT2D eigenvalue weighted by Crippen LogP contribution is 2.24. The van der Waals surface area contributed by atoms with E-state index in [-0.39, 0.29) is 11.4 Å². The van der Waals surface area contributed by atoms with Gasteiger partial charge < -0.3 is 5.73 Å². The molecule has 0 atom stereocenters. The van der Waals surface area contributed by atoms with Crippen molar-refractivity contribution < 1.29 is 12.8 Å². The van der Waals surface area contributed by atoms with E-state index in [0.717, 1.165) is 10.4 Å². The van der Waals surface area contributed by atoms with Gasteiger partial charge in [-0.2, -0.15) is 0 Å². The number of sulfonamides is 1. The number of anilines is 1. The van der Waals surface area contributed by atoms with Crippen molar-refractivity contribution in [2.45, 2.75) is 11.4 Å². The van der Waals surface area contributed by atoms with Gasteiger partial charge in [-0.1, -0.05) is 24.3 Å². The Morgan fingerprint density at radius 1 is 1.15 bits per heavy atom. The van der Waals surface area contributed by atoms with Crippen LogP contribution >= 0.6 is 0 Å². The maximum Gasteiger partial charge on any atom is 0.266 e. The minimum absolute atomic E-state index is 0.159. The first-order valence-corrected chi connectivity index (χ1v) is 7.43. The smallest absolute Gasteiger partial charge is 0.266 e. The van der Waals surface area contributed by atoms with Crippen LogP contribution in [-0.2, 0) is 16.6 Å². The predicted octanol–water partition coefficient (Wildman–Crippen LogP) is 2.11. The van der Waals surface area contributed by atoms with Crippen LogP contribution in [0.4, 0.5) is 10.1 Å². The molecule has 0 fully saturated rings. The van der Waals surface area contributed by atoms with E-state index in [1.165, 1.54) is 19.2 Å². The number of hydrogen-bond acceptors (Lipinski definition) is 3. The summed E-state index contributed by atoms with van der Waals surface area (Å²) in [6.45, 7) is 0.159. The largest absolute Gasteiger partial charge is 0.326 e. The van der Waals surface area contributed by atoms with Crippen LogP contribution in [0.3, 0.4) is 0 Å². The highest BCUT2D eigenvalue weighted by atomic mass is 32.2. The Balaban J connectivity index is 2.45. The second-order valence-corrected chi connectivity index (χ2v) is 6.21. The third-order valence-corrected chi connectivity index (χ3v) is 4.81. The normalized spacial score (nSPS) is 11.3. The molecule has 0 aliphatic heterocycles. The van der Waals surface area contributed by atoms with Gasteiger partial charge in [0.15, 0.2) is 0 Å². The molecule has 0 aromatic heterocycles. The molecule has 2 aromatic carbocycles. The third-order valence-electron chi connectivity index (χ3n) is 2.99. The number of nitrogens with zero attached hydrogens (tertiary/aromatic N) is 1. The molecule has 4 nitrogen and oxygen atoms in total. The lowest BCUT2D eigenvalue weighted by Crippen LogP contribution is -2.27. The van der Waals surface area contributed by atoms with E-state index in [0.29, 0.717) is 11.3 Å². The van der Waals surface area contributed by atoms with Crippen molar-refractivity contribution >= 4 is 15.7 Å². The van der Waals surface area contributed by atoms with E-state index in [1.54, 1.807) is 30.3 Å². The SMILES string of the molecule is CN(c1ccccc1)S(=O)(=O)c1ccc(CN)cc1F. The number of halogens is 1. The molecule has 2 N–H and O–H groups in total. The molecule has 0 aliphatic carbocycles.